The van der Waals surface area contributed by atoms with Crippen LogP contribution in [0.4, 0.5) is 0 Å². The maximum absolute atomic E-state index is 9.72. The van der Waals surface area contributed by atoms with Gasteiger partial charge < -0.3 is 15.4 Å². The van der Waals surface area contributed by atoms with Crippen molar-refractivity contribution in [3.63, 3.8) is 0 Å². The van der Waals surface area contributed by atoms with Gasteiger partial charge in [0.2, 0.25) is 0 Å². The smallest absolute Gasteiger partial charge is 0.255 e. The largest absolute Gasteiger partial charge is 0.383 e. The maximum Gasteiger partial charge on any atom is 0.255 e. The van der Waals surface area contributed by atoms with Crippen molar-refractivity contribution in [3.8, 4) is 0 Å². The van der Waals surface area contributed by atoms with Crippen molar-refractivity contribution in [2.45, 2.75) is 46.1 Å². The molecule has 1 heterocycles. The number of hydrogen-bond donors (Lipinski definition) is 2. The average molecular weight is 241 g/mol. The summed E-state index contributed by atoms with van der Waals surface area (Å²) < 4.78 is 5.09. The summed E-state index contributed by atoms with van der Waals surface area (Å²) >= 11 is 0. The van der Waals surface area contributed by atoms with E-state index in [0.29, 0.717) is 30.6 Å². The van der Waals surface area contributed by atoms with Crippen LogP contribution in [0.25, 0.3) is 0 Å². The monoisotopic (exact) mass is 241 g/mol. The molecule has 0 saturated carbocycles. The first-order chi connectivity index (χ1) is 7.97. The predicted molar refractivity (Wildman–Crippen MR) is 65.3 cm³/mol. The van der Waals surface area contributed by atoms with Gasteiger partial charge in [-0.2, -0.15) is 4.98 Å². The fourth-order valence-corrected chi connectivity index (χ4v) is 2.17. The van der Waals surface area contributed by atoms with Gasteiger partial charge in [-0.3, -0.25) is 0 Å². The van der Waals surface area contributed by atoms with Crippen molar-refractivity contribution >= 4 is 0 Å². The van der Waals surface area contributed by atoms with Crippen LogP contribution in [-0.2, 0) is 0 Å². The second-order valence-electron chi connectivity index (χ2n) is 5.10. The molecule has 3 N–H and O–H groups in total. The molecule has 1 atom stereocenters. The second-order valence-corrected chi connectivity index (χ2v) is 5.10. The highest BCUT2D eigenvalue weighted by molar-refractivity contribution is 4.99. The highest BCUT2D eigenvalue weighted by Gasteiger charge is 2.26. The molecule has 1 rings (SSSR count). The molecule has 5 nitrogen and oxygen atoms in total. The van der Waals surface area contributed by atoms with Gasteiger partial charge in [0.25, 0.3) is 5.89 Å². The molecule has 0 saturated heterocycles. The molecule has 0 fully saturated rings. The lowest BCUT2D eigenvalue weighted by molar-refractivity contribution is 0.127. The van der Waals surface area contributed by atoms with Crippen molar-refractivity contribution in [1.82, 2.24) is 10.1 Å². The molecule has 0 aromatic carbocycles. The van der Waals surface area contributed by atoms with Crippen LogP contribution in [-0.4, -0.2) is 21.8 Å². The molecular weight excluding hydrogens is 218 g/mol. The summed E-state index contributed by atoms with van der Waals surface area (Å²) in [5, 5.41) is 13.7. The summed E-state index contributed by atoms with van der Waals surface area (Å²) in [6, 6.07) is 0. The molecule has 0 aliphatic carbocycles. The first-order valence-electron chi connectivity index (χ1n) is 6.19. The number of rotatable bonds is 6. The standard InChI is InChI=1S/C12H23N3O2/c1-7(2)10(8(3)4)11-14-12(17-15-11)9(16)5-6-13/h7-10,16H,5-6,13H2,1-4H3/t9-/m0/s1. The van der Waals surface area contributed by atoms with Crippen LogP contribution in [0.2, 0.25) is 0 Å². The molecule has 1 aromatic rings. The van der Waals surface area contributed by atoms with Crippen LogP contribution < -0.4 is 5.73 Å². The Morgan fingerprint density at radius 1 is 1.24 bits per heavy atom. The van der Waals surface area contributed by atoms with Crippen LogP contribution in [0.3, 0.4) is 0 Å². The van der Waals surface area contributed by atoms with Crippen molar-refractivity contribution in [2.24, 2.45) is 17.6 Å². The molecule has 0 aliphatic heterocycles. The molecule has 0 bridgehead atoms. The molecule has 0 amide bonds. The van der Waals surface area contributed by atoms with Crippen LogP contribution in [0, 0.1) is 11.8 Å². The van der Waals surface area contributed by atoms with Gasteiger partial charge in [0.05, 0.1) is 0 Å². The van der Waals surface area contributed by atoms with Crippen molar-refractivity contribution in [1.29, 1.82) is 0 Å². The van der Waals surface area contributed by atoms with Crippen molar-refractivity contribution in [2.75, 3.05) is 6.54 Å². The summed E-state index contributed by atoms with van der Waals surface area (Å²) in [5.74, 6) is 2.08. The minimum absolute atomic E-state index is 0.248. The third-order valence-corrected chi connectivity index (χ3v) is 2.92. The molecule has 5 heteroatoms. The zero-order valence-corrected chi connectivity index (χ0v) is 11.1. The number of hydrogen-bond acceptors (Lipinski definition) is 5. The number of aliphatic hydroxyl groups excluding tert-OH is 1. The summed E-state index contributed by atoms with van der Waals surface area (Å²) in [5.41, 5.74) is 5.38. The van der Waals surface area contributed by atoms with E-state index in [-0.39, 0.29) is 11.8 Å². The predicted octanol–water partition coefficient (Wildman–Crippen LogP) is 1.85. The van der Waals surface area contributed by atoms with E-state index in [1.54, 1.807) is 0 Å². The van der Waals surface area contributed by atoms with E-state index in [9.17, 15) is 5.11 Å². The van der Waals surface area contributed by atoms with E-state index in [2.05, 4.69) is 37.8 Å². The molecule has 98 valence electrons. The van der Waals surface area contributed by atoms with Gasteiger partial charge in [-0.05, 0) is 24.8 Å². The molecule has 0 aliphatic rings. The lowest BCUT2D eigenvalue weighted by atomic mass is 9.85. The molecule has 0 spiro atoms. The number of aliphatic hydroxyl groups is 1. The minimum atomic E-state index is -0.749. The third-order valence-electron chi connectivity index (χ3n) is 2.92. The topological polar surface area (TPSA) is 85.2 Å². The third kappa shape index (κ3) is 3.51. The maximum atomic E-state index is 9.72. The summed E-state index contributed by atoms with van der Waals surface area (Å²) in [6.45, 7) is 8.94. The van der Waals surface area contributed by atoms with Gasteiger partial charge in [0, 0.05) is 5.92 Å². The SMILES string of the molecule is CC(C)C(c1noc([C@@H](O)CCN)n1)C(C)C. The molecule has 0 radical (unpaired) electrons. The van der Waals surface area contributed by atoms with Crippen LogP contribution in [0.1, 0.15) is 57.9 Å². The fraction of sp³-hybridized carbons (Fsp3) is 0.833. The van der Waals surface area contributed by atoms with E-state index in [1.165, 1.54) is 0 Å². The van der Waals surface area contributed by atoms with Crippen molar-refractivity contribution < 1.29 is 9.63 Å². The fourth-order valence-electron chi connectivity index (χ4n) is 2.17. The Morgan fingerprint density at radius 2 is 1.82 bits per heavy atom. The number of aromatic nitrogens is 2. The van der Waals surface area contributed by atoms with E-state index in [0.717, 1.165) is 0 Å². The summed E-state index contributed by atoms with van der Waals surface area (Å²) in [6.07, 6.45) is -0.309. The zero-order chi connectivity index (χ0) is 13.0. The second kappa shape index (κ2) is 6.12. The van der Waals surface area contributed by atoms with E-state index < -0.39 is 6.10 Å². The van der Waals surface area contributed by atoms with Crippen molar-refractivity contribution in [3.05, 3.63) is 11.7 Å². The Morgan fingerprint density at radius 3 is 2.29 bits per heavy atom. The highest BCUT2D eigenvalue weighted by atomic mass is 16.5. The Labute approximate surface area is 102 Å². The molecule has 1 aromatic heterocycles. The Hall–Kier alpha value is -0.940. The summed E-state index contributed by atoms with van der Waals surface area (Å²) in [4.78, 5) is 4.29. The summed E-state index contributed by atoms with van der Waals surface area (Å²) in [7, 11) is 0. The van der Waals surface area contributed by atoms with Crippen LogP contribution in [0.15, 0.2) is 4.52 Å². The van der Waals surface area contributed by atoms with E-state index >= 15 is 0 Å². The Bertz CT molecular complexity index is 328. The highest BCUT2D eigenvalue weighted by Crippen LogP contribution is 2.30. The first kappa shape index (κ1) is 14.1. The van der Waals surface area contributed by atoms with Gasteiger partial charge in [0.15, 0.2) is 5.82 Å². The molecule has 17 heavy (non-hydrogen) atoms. The Balaban J connectivity index is 2.85. The van der Waals surface area contributed by atoms with Gasteiger partial charge in [-0.15, -0.1) is 0 Å². The van der Waals surface area contributed by atoms with E-state index in [4.69, 9.17) is 10.3 Å². The quantitative estimate of drug-likeness (QED) is 0.793. The minimum Gasteiger partial charge on any atom is -0.383 e. The zero-order valence-electron chi connectivity index (χ0n) is 11.1. The van der Waals surface area contributed by atoms with Gasteiger partial charge in [0.1, 0.15) is 6.10 Å². The molecular formula is C12H23N3O2. The van der Waals surface area contributed by atoms with Crippen LogP contribution in [0.5, 0.6) is 0 Å². The first-order valence-corrected chi connectivity index (χ1v) is 6.19. The number of nitrogens with zero attached hydrogens (tertiary/aromatic N) is 2. The van der Waals surface area contributed by atoms with Crippen LogP contribution >= 0.6 is 0 Å². The lowest BCUT2D eigenvalue weighted by Crippen LogP contribution is -2.15. The van der Waals surface area contributed by atoms with E-state index in [1.807, 2.05) is 0 Å². The van der Waals surface area contributed by atoms with Gasteiger partial charge >= 0.3 is 0 Å². The Kier molecular flexibility index (Phi) is 5.08. The lowest BCUT2D eigenvalue weighted by Gasteiger charge is -2.20. The average Bonchev–Trinajstić information content (AvgIpc) is 2.66. The van der Waals surface area contributed by atoms with Gasteiger partial charge in [-0.25, -0.2) is 0 Å². The van der Waals surface area contributed by atoms with Gasteiger partial charge in [-0.1, -0.05) is 32.9 Å². The molecule has 0 unspecified atom stereocenters. The normalized spacial score (nSPS) is 13.9. The number of nitrogens with two attached hydrogens (primary N) is 1.